The summed E-state index contributed by atoms with van der Waals surface area (Å²) >= 11 is 0. The highest BCUT2D eigenvalue weighted by molar-refractivity contribution is 5.56. The summed E-state index contributed by atoms with van der Waals surface area (Å²) in [5.74, 6) is 1.45. The molecule has 0 unspecified atom stereocenters. The molecule has 2 aromatic rings. The van der Waals surface area contributed by atoms with Crippen molar-refractivity contribution in [2.75, 3.05) is 6.61 Å². The fourth-order valence-corrected chi connectivity index (χ4v) is 2.08. The summed E-state index contributed by atoms with van der Waals surface area (Å²) in [6.07, 6.45) is 7.62. The summed E-state index contributed by atoms with van der Waals surface area (Å²) in [4.78, 5) is 0. The smallest absolute Gasteiger partial charge is 0.204 e. The molecule has 108 valence electrons. The second-order valence-electron chi connectivity index (χ2n) is 4.88. The molecule has 0 aliphatic heterocycles. The standard InChI is InChI=1S/C15H22N4O/c1-2-3-4-5-6-7-11-20-14-10-8-9-13(12-14)15-16-18-19-17-15/h8-10,12H,2-7,11H2,1H3,(H,16,17,18,19). The molecule has 0 bridgehead atoms. The van der Waals surface area contributed by atoms with E-state index < -0.39 is 0 Å². The zero-order chi connectivity index (χ0) is 14.0. The third-order valence-electron chi connectivity index (χ3n) is 3.20. The van der Waals surface area contributed by atoms with Crippen LogP contribution in [0.25, 0.3) is 11.4 Å². The maximum Gasteiger partial charge on any atom is 0.204 e. The van der Waals surface area contributed by atoms with Crippen LogP contribution in [-0.4, -0.2) is 27.2 Å². The number of nitrogens with zero attached hydrogens (tertiary/aromatic N) is 3. The molecule has 1 aromatic heterocycles. The van der Waals surface area contributed by atoms with Gasteiger partial charge in [-0.05, 0) is 23.8 Å². The molecule has 5 heteroatoms. The van der Waals surface area contributed by atoms with Crippen LogP contribution in [0.5, 0.6) is 5.75 Å². The Morgan fingerprint density at radius 1 is 1.10 bits per heavy atom. The van der Waals surface area contributed by atoms with Crippen molar-refractivity contribution in [1.29, 1.82) is 0 Å². The van der Waals surface area contributed by atoms with Gasteiger partial charge in [-0.25, -0.2) is 0 Å². The molecule has 0 saturated heterocycles. The number of benzene rings is 1. The van der Waals surface area contributed by atoms with E-state index in [-0.39, 0.29) is 0 Å². The topological polar surface area (TPSA) is 63.7 Å². The first-order chi connectivity index (χ1) is 9.90. The molecule has 0 atom stereocenters. The van der Waals surface area contributed by atoms with Crippen LogP contribution in [0, 0.1) is 0 Å². The second-order valence-corrected chi connectivity index (χ2v) is 4.88. The van der Waals surface area contributed by atoms with Gasteiger partial charge in [-0.3, -0.25) is 0 Å². The summed E-state index contributed by atoms with van der Waals surface area (Å²) < 4.78 is 5.77. The monoisotopic (exact) mass is 274 g/mol. The Kier molecular flexibility index (Phi) is 6.02. The predicted molar refractivity (Wildman–Crippen MR) is 78.5 cm³/mol. The highest BCUT2D eigenvalue weighted by atomic mass is 16.5. The molecule has 0 spiro atoms. The van der Waals surface area contributed by atoms with Crippen LogP contribution in [-0.2, 0) is 0 Å². The van der Waals surface area contributed by atoms with Gasteiger partial charge in [-0.15, -0.1) is 10.2 Å². The molecular weight excluding hydrogens is 252 g/mol. The van der Waals surface area contributed by atoms with Crippen LogP contribution < -0.4 is 4.74 Å². The number of rotatable bonds is 9. The Labute approximate surface area is 119 Å². The van der Waals surface area contributed by atoms with E-state index in [1.807, 2.05) is 24.3 Å². The van der Waals surface area contributed by atoms with Gasteiger partial charge < -0.3 is 4.74 Å². The minimum Gasteiger partial charge on any atom is -0.494 e. The number of aromatic amines is 1. The van der Waals surface area contributed by atoms with E-state index in [4.69, 9.17) is 4.74 Å². The maximum absolute atomic E-state index is 5.77. The lowest BCUT2D eigenvalue weighted by molar-refractivity contribution is 0.304. The van der Waals surface area contributed by atoms with Crippen LogP contribution in [0.1, 0.15) is 45.4 Å². The SMILES string of the molecule is CCCCCCCCOc1cccc(-c2nn[nH]n2)c1. The quantitative estimate of drug-likeness (QED) is 0.709. The highest BCUT2D eigenvalue weighted by Crippen LogP contribution is 2.20. The Morgan fingerprint density at radius 3 is 2.75 bits per heavy atom. The van der Waals surface area contributed by atoms with Gasteiger partial charge in [0.15, 0.2) is 0 Å². The van der Waals surface area contributed by atoms with Gasteiger partial charge >= 0.3 is 0 Å². The molecule has 0 amide bonds. The molecule has 1 aromatic carbocycles. The number of H-pyrrole nitrogens is 1. The van der Waals surface area contributed by atoms with Crippen LogP contribution in [0.4, 0.5) is 0 Å². The molecule has 1 heterocycles. The van der Waals surface area contributed by atoms with Crippen LogP contribution in [0.2, 0.25) is 0 Å². The molecule has 5 nitrogen and oxygen atoms in total. The van der Waals surface area contributed by atoms with Gasteiger partial charge in [0.2, 0.25) is 5.82 Å². The number of ether oxygens (including phenoxy) is 1. The summed E-state index contributed by atoms with van der Waals surface area (Å²) in [7, 11) is 0. The summed E-state index contributed by atoms with van der Waals surface area (Å²) in [5.41, 5.74) is 0.916. The molecular formula is C15H22N4O. The van der Waals surface area contributed by atoms with Gasteiger partial charge in [0.1, 0.15) is 5.75 Å². The number of unbranched alkanes of at least 4 members (excludes halogenated alkanes) is 5. The first-order valence-electron chi connectivity index (χ1n) is 7.37. The lowest BCUT2D eigenvalue weighted by Crippen LogP contribution is -1.97. The van der Waals surface area contributed by atoms with E-state index >= 15 is 0 Å². The largest absolute Gasteiger partial charge is 0.494 e. The van der Waals surface area contributed by atoms with E-state index in [1.165, 1.54) is 32.1 Å². The summed E-state index contributed by atoms with van der Waals surface area (Å²) in [6, 6.07) is 7.80. The van der Waals surface area contributed by atoms with Crippen molar-refractivity contribution in [3.8, 4) is 17.1 Å². The number of tetrazole rings is 1. The highest BCUT2D eigenvalue weighted by Gasteiger charge is 2.03. The van der Waals surface area contributed by atoms with Crippen LogP contribution in [0.15, 0.2) is 24.3 Å². The fourth-order valence-electron chi connectivity index (χ4n) is 2.08. The Balaban J connectivity index is 1.72. The normalized spacial score (nSPS) is 10.7. The van der Waals surface area contributed by atoms with Crippen molar-refractivity contribution >= 4 is 0 Å². The third kappa shape index (κ3) is 4.64. The second kappa shape index (κ2) is 8.30. The number of aromatic nitrogens is 4. The number of hydrogen-bond acceptors (Lipinski definition) is 4. The maximum atomic E-state index is 5.77. The van der Waals surface area contributed by atoms with E-state index in [0.29, 0.717) is 5.82 Å². The van der Waals surface area contributed by atoms with Crippen molar-refractivity contribution in [3.05, 3.63) is 24.3 Å². The Morgan fingerprint density at radius 2 is 1.95 bits per heavy atom. The van der Waals surface area contributed by atoms with Crippen molar-refractivity contribution in [1.82, 2.24) is 20.6 Å². The van der Waals surface area contributed by atoms with Crippen molar-refractivity contribution in [2.24, 2.45) is 0 Å². The summed E-state index contributed by atoms with van der Waals surface area (Å²) in [5, 5.41) is 13.9. The Hall–Kier alpha value is -1.91. The van der Waals surface area contributed by atoms with E-state index in [9.17, 15) is 0 Å². The molecule has 20 heavy (non-hydrogen) atoms. The molecule has 0 aliphatic carbocycles. The van der Waals surface area contributed by atoms with Crippen molar-refractivity contribution in [2.45, 2.75) is 45.4 Å². The molecule has 0 saturated carbocycles. The molecule has 1 N–H and O–H groups in total. The van der Waals surface area contributed by atoms with Crippen molar-refractivity contribution in [3.63, 3.8) is 0 Å². The van der Waals surface area contributed by atoms with E-state index in [2.05, 4.69) is 27.5 Å². The zero-order valence-electron chi connectivity index (χ0n) is 12.0. The van der Waals surface area contributed by atoms with Gasteiger partial charge in [-0.1, -0.05) is 51.2 Å². The number of hydrogen-bond donors (Lipinski definition) is 1. The Bertz CT molecular complexity index is 484. The predicted octanol–water partition coefficient (Wildman–Crippen LogP) is 3.61. The number of nitrogens with one attached hydrogen (secondary N) is 1. The third-order valence-corrected chi connectivity index (χ3v) is 3.20. The lowest BCUT2D eigenvalue weighted by Gasteiger charge is -2.06. The first-order valence-corrected chi connectivity index (χ1v) is 7.37. The molecule has 2 rings (SSSR count). The van der Waals surface area contributed by atoms with Gasteiger partial charge in [-0.2, -0.15) is 5.21 Å². The van der Waals surface area contributed by atoms with E-state index in [1.54, 1.807) is 0 Å². The zero-order valence-corrected chi connectivity index (χ0v) is 12.0. The molecule has 0 aliphatic rings. The van der Waals surface area contributed by atoms with Gasteiger partial charge in [0.05, 0.1) is 6.61 Å². The van der Waals surface area contributed by atoms with Gasteiger partial charge in [0.25, 0.3) is 0 Å². The average Bonchev–Trinajstić information content (AvgIpc) is 3.01. The van der Waals surface area contributed by atoms with Gasteiger partial charge in [0, 0.05) is 5.56 Å². The minimum atomic E-state index is 0.593. The van der Waals surface area contributed by atoms with Crippen molar-refractivity contribution < 1.29 is 4.74 Å². The van der Waals surface area contributed by atoms with Crippen LogP contribution >= 0.6 is 0 Å². The summed E-state index contributed by atoms with van der Waals surface area (Å²) in [6.45, 7) is 3.00. The molecule has 0 fully saturated rings. The molecule has 0 radical (unpaired) electrons. The lowest BCUT2D eigenvalue weighted by atomic mass is 10.1. The van der Waals surface area contributed by atoms with E-state index in [0.717, 1.165) is 24.3 Å². The minimum absolute atomic E-state index is 0.593. The average molecular weight is 274 g/mol. The van der Waals surface area contributed by atoms with Crippen LogP contribution in [0.3, 0.4) is 0 Å². The first kappa shape index (κ1) is 14.5. The fraction of sp³-hybridized carbons (Fsp3) is 0.533.